The van der Waals surface area contributed by atoms with Gasteiger partial charge >= 0.3 is 6.18 Å². The lowest BCUT2D eigenvalue weighted by Gasteiger charge is -2.31. The average molecular weight is 303 g/mol. The molecule has 0 aliphatic heterocycles. The van der Waals surface area contributed by atoms with Crippen molar-refractivity contribution in [1.82, 2.24) is 4.98 Å². The van der Waals surface area contributed by atoms with Gasteiger partial charge in [0.15, 0.2) is 0 Å². The maximum atomic E-state index is 12.6. The molecule has 1 saturated carbocycles. The van der Waals surface area contributed by atoms with Crippen molar-refractivity contribution in [2.24, 2.45) is 5.73 Å². The summed E-state index contributed by atoms with van der Waals surface area (Å²) in [6, 6.07) is 0.614. The lowest BCUT2D eigenvalue weighted by molar-refractivity contribution is -0.137. The number of aromatic amines is 1. The molecule has 0 unspecified atom stereocenters. The van der Waals surface area contributed by atoms with E-state index in [0.29, 0.717) is 25.1 Å². The van der Waals surface area contributed by atoms with Crippen LogP contribution in [-0.4, -0.2) is 16.4 Å². The van der Waals surface area contributed by atoms with Crippen LogP contribution >= 0.6 is 0 Å². The van der Waals surface area contributed by atoms with Crippen LogP contribution < -0.4 is 16.6 Å². The Kier molecular flexibility index (Phi) is 4.08. The first-order chi connectivity index (χ1) is 9.72. The Labute approximate surface area is 118 Å². The molecule has 0 atom stereocenters. The zero-order valence-electron chi connectivity index (χ0n) is 11.2. The van der Waals surface area contributed by atoms with Crippen LogP contribution in [0.5, 0.6) is 0 Å². The molecule has 1 aliphatic carbocycles. The van der Waals surface area contributed by atoms with E-state index in [2.05, 4.69) is 5.32 Å². The zero-order valence-corrected chi connectivity index (χ0v) is 11.2. The number of hydrogen-bond donors (Lipinski definition) is 3. The van der Waals surface area contributed by atoms with Gasteiger partial charge in [-0.3, -0.25) is 9.59 Å². The summed E-state index contributed by atoms with van der Waals surface area (Å²) in [5.41, 5.74) is 2.58. The van der Waals surface area contributed by atoms with Crippen LogP contribution in [0.25, 0.3) is 0 Å². The molecule has 2 rings (SSSR count). The summed E-state index contributed by atoms with van der Waals surface area (Å²) < 4.78 is 37.8. The highest BCUT2D eigenvalue weighted by Gasteiger charge is 2.36. The summed E-state index contributed by atoms with van der Waals surface area (Å²) in [6.07, 6.45) is -0.598. The molecule has 0 aromatic carbocycles. The van der Waals surface area contributed by atoms with Gasteiger partial charge in [0.2, 0.25) is 5.91 Å². The Morgan fingerprint density at radius 1 is 1.29 bits per heavy atom. The molecule has 4 N–H and O–H groups in total. The number of H-pyrrole nitrogens is 1. The number of amides is 1. The van der Waals surface area contributed by atoms with Gasteiger partial charge in [0.05, 0.1) is 11.1 Å². The third-order valence-electron chi connectivity index (χ3n) is 3.68. The largest absolute Gasteiger partial charge is 0.417 e. The first kappa shape index (κ1) is 15.6. The Morgan fingerprint density at radius 3 is 2.48 bits per heavy atom. The number of pyridine rings is 1. The third kappa shape index (κ3) is 3.44. The molecule has 0 saturated heterocycles. The van der Waals surface area contributed by atoms with Crippen LogP contribution in [0.15, 0.2) is 17.1 Å². The zero-order chi connectivity index (χ0) is 15.7. The van der Waals surface area contributed by atoms with E-state index in [1.54, 1.807) is 0 Å². The number of carbonyl (C=O) groups excluding carboxylic acids is 1. The number of anilines is 1. The van der Waals surface area contributed by atoms with E-state index in [9.17, 15) is 22.8 Å². The number of alkyl halides is 3. The minimum Gasteiger partial charge on any atom is -0.327 e. The highest BCUT2D eigenvalue weighted by atomic mass is 19.4. The molecular formula is C13H16F3N3O2. The van der Waals surface area contributed by atoms with E-state index < -0.39 is 34.4 Å². The van der Waals surface area contributed by atoms with Crippen molar-refractivity contribution in [1.29, 1.82) is 0 Å². The predicted molar refractivity (Wildman–Crippen MR) is 70.7 cm³/mol. The van der Waals surface area contributed by atoms with Crippen LogP contribution in [0.4, 0.5) is 18.9 Å². The van der Waals surface area contributed by atoms with Gasteiger partial charge in [-0.1, -0.05) is 19.3 Å². The van der Waals surface area contributed by atoms with Gasteiger partial charge in [0.25, 0.3) is 5.56 Å². The van der Waals surface area contributed by atoms with Crippen molar-refractivity contribution in [2.45, 2.75) is 43.8 Å². The lowest BCUT2D eigenvalue weighted by Crippen LogP contribution is -2.52. The fourth-order valence-corrected chi connectivity index (χ4v) is 2.40. The molecule has 1 heterocycles. The topological polar surface area (TPSA) is 88.0 Å². The number of halogens is 3. The fourth-order valence-electron chi connectivity index (χ4n) is 2.40. The smallest absolute Gasteiger partial charge is 0.327 e. The number of hydrogen-bond acceptors (Lipinski definition) is 3. The highest BCUT2D eigenvalue weighted by molar-refractivity contribution is 5.97. The standard InChI is InChI=1S/C13H16F3N3O2/c14-13(15,16)8-6-9(10(20)18-7-8)19-11(21)12(17)4-2-1-3-5-12/h6-7H,1-5,17H2,(H,18,20)(H,19,21). The summed E-state index contributed by atoms with van der Waals surface area (Å²) in [6.45, 7) is 0. The summed E-state index contributed by atoms with van der Waals surface area (Å²) in [4.78, 5) is 25.6. The molecule has 1 aliphatic rings. The van der Waals surface area contributed by atoms with Crippen LogP contribution in [-0.2, 0) is 11.0 Å². The van der Waals surface area contributed by atoms with Crippen molar-refractivity contribution in [3.05, 3.63) is 28.2 Å². The van der Waals surface area contributed by atoms with Crippen molar-refractivity contribution in [3.63, 3.8) is 0 Å². The van der Waals surface area contributed by atoms with Crippen molar-refractivity contribution in [2.75, 3.05) is 5.32 Å². The molecule has 8 heteroatoms. The predicted octanol–water partition coefficient (Wildman–Crippen LogP) is 1.99. The van der Waals surface area contributed by atoms with E-state index in [1.165, 1.54) is 0 Å². The van der Waals surface area contributed by atoms with E-state index in [0.717, 1.165) is 19.3 Å². The SMILES string of the molecule is NC1(C(=O)Nc2cc(C(F)(F)F)c[nH]c2=O)CCCCC1. The third-order valence-corrected chi connectivity index (χ3v) is 3.68. The lowest BCUT2D eigenvalue weighted by atomic mass is 9.82. The van der Waals surface area contributed by atoms with Gasteiger partial charge in [-0.2, -0.15) is 13.2 Å². The second kappa shape index (κ2) is 5.51. The van der Waals surface area contributed by atoms with Gasteiger partial charge < -0.3 is 16.0 Å². The van der Waals surface area contributed by atoms with E-state index in [1.807, 2.05) is 4.98 Å². The molecular weight excluding hydrogens is 287 g/mol. The molecule has 0 spiro atoms. The van der Waals surface area contributed by atoms with Crippen LogP contribution in [0.3, 0.4) is 0 Å². The summed E-state index contributed by atoms with van der Waals surface area (Å²) in [5, 5.41) is 2.23. The monoisotopic (exact) mass is 303 g/mol. The molecule has 1 fully saturated rings. The van der Waals surface area contributed by atoms with Gasteiger partial charge in [-0.05, 0) is 18.9 Å². The second-order valence-corrected chi connectivity index (χ2v) is 5.30. The van der Waals surface area contributed by atoms with Gasteiger partial charge in [-0.15, -0.1) is 0 Å². The number of rotatable bonds is 2. The number of carbonyl (C=O) groups is 1. The maximum absolute atomic E-state index is 12.6. The Bertz CT molecular complexity index is 589. The van der Waals surface area contributed by atoms with Crippen LogP contribution in [0.2, 0.25) is 0 Å². The van der Waals surface area contributed by atoms with E-state index in [4.69, 9.17) is 5.73 Å². The molecule has 116 valence electrons. The van der Waals surface area contributed by atoms with Crippen LogP contribution in [0.1, 0.15) is 37.7 Å². The summed E-state index contributed by atoms with van der Waals surface area (Å²) in [7, 11) is 0. The molecule has 0 radical (unpaired) electrons. The molecule has 5 nitrogen and oxygen atoms in total. The average Bonchev–Trinajstić information content (AvgIpc) is 2.40. The van der Waals surface area contributed by atoms with Gasteiger partial charge in [0.1, 0.15) is 5.69 Å². The first-order valence-electron chi connectivity index (χ1n) is 6.63. The van der Waals surface area contributed by atoms with E-state index >= 15 is 0 Å². The highest BCUT2D eigenvalue weighted by Crippen LogP contribution is 2.30. The normalized spacial score (nSPS) is 18.3. The second-order valence-electron chi connectivity index (χ2n) is 5.30. The Balaban J connectivity index is 2.23. The molecule has 0 bridgehead atoms. The minimum absolute atomic E-state index is 0.440. The first-order valence-corrected chi connectivity index (χ1v) is 6.63. The molecule has 1 amide bonds. The maximum Gasteiger partial charge on any atom is 0.417 e. The minimum atomic E-state index is -4.60. The summed E-state index contributed by atoms with van der Waals surface area (Å²) >= 11 is 0. The number of aromatic nitrogens is 1. The number of nitrogens with one attached hydrogen (secondary N) is 2. The Morgan fingerprint density at radius 2 is 1.90 bits per heavy atom. The van der Waals surface area contributed by atoms with Gasteiger partial charge in [-0.25, -0.2) is 0 Å². The van der Waals surface area contributed by atoms with E-state index in [-0.39, 0.29) is 0 Å². The fraction of sp³-hybridized carbons (Fsp3) is 0.538. The molecule has 1 aromatic heterocycles. The van der Waals surface area contributed by atoms with Gasteiger partial charge in [0, 0.05) is 6.20 Å². The van der Waals surface area contributed by atoms with Crippen molar-refractivity contribution in [3.8, 4) is 0 Å². The molecule has 21 heavy (non-hydrogen) atoms. The van der Waals surface area contributed by atoms with Crippen molar-refractivity contribution >= 4 is 11.6 Å². The Hall–Kier alpha value is -1.83. The quantitative estimate of drug-likeness (QED) is 0.780. The summed E-state index contributed by atoms with van der Waals surface area (Å²) in [5.74, 6) is -0.618. The van der Waals surface area contributed by atoms with Crippen molar-refractivity contribution < 1.29 is 18.0 Å². The number of nitrogens with two attached hydrogens (primary N) is 1. The van der Waals surface area contributed by atoms with Crippen LogP contribution in [0, 0.1) is 0 Å². The molecule has 1 aromatic rings.